The summed E-state index contributed by atoms with van der Waals surface area (Å²) in [4.78, 5) is 15.2. The zero-order chi connectivity index (χ0) is 14.5. The van der Waals surface area contributed by atoms with Crippen LogP contribution in [0.4, 0.5) is 11.6 Å². The molecule has 1 aliphatic heterocycles. The topological polar surface area (TPSA) is 80.0 Å². The van der Waals surface area contributed by atoms with Crippen LogP contribution in [0.1, 0.15) is 12.2 Å². The Labute approximate surface area is 124 Å². The summed E-state index contributed by atoms with van der Waals surface area (Å²) < 4.78 is 0. The highest BCUT2D eigenvalue weighted by Gasteiger charge is 2.22. The fraction of sp³-hybridized carbons (Fsp3) is 0.400. The Kier molecular flexibility index (Phi) is 4.25. The van der Waals surface area contributed by atoms with E-state index in [9.17, 15) is 0 Å². The number of nitrogen functional groups attached to an aromatic ring is 1. The number of hydrogen-bond acceptors (Lipinski definition) is 6. The third-order valence-electron chi connectivity index (χ3n) is 3.70. The van der Waals surface area contributed by atoms with E-state index in [0.717, 1.165) is 37.8 Å². The summed E-state index contributed by atoms with van der Waals surface area (Å²) in [5.74, 6) is 2.91. The van der Waals surface area contributed by atoms with Gasteiger partial charge >= 0.3 is 0 Å². The van der Waals surface area contributed by atoms with Crippen molar-refractivity contribution in [3.63, 3.8) is 0 Å². The lowest BCUT2D eigenvalue weighted by molar-refractivity contribution is 0.310. The monoisotopic (exact) mass is 284 g/mol. The molecular formula is C15H20N6. The lowest BCUT2D eigenvalue weighted by atomic mass is 10.1. The van der Waals surface area contributed by atoms with Crippen LogP contribution in [0.5, 0.6) is 0 Å². The molecule has 2 aromatic heterocycles. The van der Waals surface area contributed by atoms with E-state index in [2.05, 4.69) is 25.2 Å². The largest absolute Gasteiger partial charge is 0.384 e. The SMILES string of the molecule is Nc1ccnc(CN2CCC(CNc3ccccn3)C2)n1. The number of nitrogens with one attached hydrogen (secondary N) is 1. The quantitative estimate of drug-likeness (QED) is 0.863. The van der Waals surface area contributed by atoms with E-state index < -0.39 is 0 Å². The number of aromatic nitrogens is 3. The van der Waals surface area contributed by atoms with Crippen molar-refractivity contribution in [3.8, 4) is 0 Å². The molecule has 3 rings (SSSR count). The summed E-state index contributed by atoms with van der Waals surface area (Å²) in [5.41, 5.74) is 5.69. The number of nitrogens with two attached hydrogens (primary N) is 1. The summed E-state index contributed by atoms with van der Waals surface area (Å²) >= 11 is 0. The minimum Gasteiger partial charge on any atom is -0.384 e. The van der Waals surface area contributed by atoms with Gasteiger partial charge in [0, 0.05) is 25.5 Å². The fourth-order valence-electron chi connectivity index (χ4n) is 2.63. The van der Waals surface area contributed by atoms with Gasteiger partial charge in [0.1, 0.15) is 17.5 Å². The molecule has 1 atom stereocenters. The molecule has 0 aliphatic carbocycles. The zero-order valence-corrected chi connectivity index (χ0v) is 11.9. The van der Waals surface area contributed by atoms with E-state index in [-0.39, 0.29) is 0 Å². The Morgan fingerprint density at radius 1 is 1.24 bits per heavy atom. The van der Waals surface area contributed by atoms with Crippen molar-refractivity contribution in [1.29, 1.82) is 0 Å². The molecule has 1 fully saturated rings. The Hall–Kier alpha value is -2.21. The van der Waals surface area contributed by atoms with E-state index in [4.69, 9.17) is 5.73 Å². The second-order valence-corrected chi connectivity index (χ2v) is 5.38. The van der Waals surface area contributed by atoms with E-state index in [0.29, 0.717) is 11.7 Å². The predicted molar refractivity (Wildman–Crippen MR) is 82.6 cm³/mol. The molecule has 0 bridgehead atoms. The minimum absolute atomic E-state index is 0.535. The highest BCUT2D eigenvalue weighted by Crippen LogP contribution is 2.18. The molecule has 6 nitrogen and oxygen atoms in total. The van der Waals surface area contributed by atoms with Gasteiger partial charge in [0.2, 0.25) is 0 Å². The second-order valence-electron chi connectivity index (χ2n) is 5.38. The average Bonchev–Trinajstić information content (AvgIpc) is 2.94. The molecule has 6 heteroatoms. The molecule has 3 N–H and O–H groups in total. The first-order valence-electron chi connectivity index (χ1n) is 7.24. The van der Waals surface area contributed by atoms with Crippen LogP contribution in [-0.4, -0.2) is 39.5 Å². The third-order valence-corrected chi connectivity index (χ3v) is 3.70. The number of nitrogens with zero attached hydrogens (tertiary/aromatic N) is 4. The van der Waals surface area contributed by atoms with Crippen molar-refractivity contribution < 1.29 is 0 Å². The first kappa shape index (κ1) is 13.8. The minimum atomic E-state index is 0.535. The molecule has 0 radical (unpaired) electrons. The van der Waals surface area contributed by atoms with Gasteiger partial charge in [0.05, 0.1) is 6.54 Å². The summed E-state index contributed by atoms with van der Waals surface area (Å²) in [7, 11) is 0. The van der Waals surface area contributed by atoms with Crippen LogP contribution in [0.2, 0.25) is 0 Å². The molecule has 0 saturated carbocycles. The highest BCUT2D eigenvalue weighted by molar-refractivity contribution is 5.33. The van der Waals surface area contributed by atoms with Crippen LogP contribution < -0.4 is 11.1 Å². The molecule has 0 amide bonds. The van der Waals surface area contributed by atoms with Crippen LogP contribution in [0.15, 0.2) is 36.7 Å². The molecule has 2 aromatic rings. The molecular weight excluding hydrogens is 264 g/mol. The normalized spacial score (nSPS) is 18.8. The molecule has 1 saturated heterocycles. The Morgan fingerprint density at radius 2 is 2.19 bits per heavy atom. The first-order chi connectivity index (χ1) is 10.3. The van der Waals surface area contributed by atoms with Crippen LogP contribution in [0.3, 0.4) is 0 Å². The number of likely N-dealkylation sites (tertiary alicyclic amines) is 1. The van der Waals surface area contributed by atoms with Crippen molar-refractivity contribution in [3.05, 3.63) is 42.5 Å². The molecule has 3 heterocycles. The van der Waals surface area contributed by atoms with Gasteiger partial charge in [-0.25, -0.2) is 15.0 Å². The Bertz CT molecular complexity index is 573. The van der Waals surface area contributed by atoms with E-state index in [1.54, 1.807) is 18.5 Å². The maximum absolute atomic E-state index is 5.69. The van der Waals surface area contributed by atoms with Crippen LogP contribution >= 0.6 is 0 Å². The smallest absolute Gasteiger partial charge is 0.144 e. The van der Waals surface area contributed by atoms with Gasteiger partial charge in [0.25, 0.3) is 0 Å². The number of rotatable bonds is 5. The van der Waals surface area contributed by atoms with Crippen molar-refractivity contribution in [2.75, 3.05) is 30.7 Å². The van der Waals surface area contributed by atoms with Crippen molar-refractivity contribution in [1.82, 2.24) is 19.9 Å². The average molecular weight is 284 g/mol. The first-order valence-corrected chi connectivity index (χ1v) is 7.24. The number of anilines is 2. The van der Waals surface area contributed by atoms with Crippen LogP contribution in [-0.2, 0) is 6.54 Å². The molecule has 21 heavy (non-hydrogen) atoms. The van der Waals surface area contributed by atoms with Gasteiger partial charge in [0.15, 0.2) is 0 Å². The predicted octanol–water partition coefficient (Wildman–Crippen LogP) is 1.39. The zero-order valence-electron chi connectivity index (χ0n) is 11.9. The maximum atomic E-state index is 5.69. The maximum Gasteiger partial charge on any atom is 0.144 e. The van der Waals surface area contributed by atoms with Gasteiger partial charge in [-0.15, -0.1) is 0 Å². The van der Waals surface area contributed by atoms with E-state index in [1.165, 1.54) is 6.42 Å². The van der Waals surface area contributed by atoms with Crippen molar-refractivity contribution in [2.24, 2.45) is 5.92 Å². The standard InChI is InChI=1S/C15H20N6/c16-13-4-7-18-15(20-13)11-21-8-5-12(10-21)9-19-14-3-1-2-6-17-14/h1-4,6-7,12H,5,8-11H2,(H,17,19)(H2,16,18,20). The van der Waals surface area contributed by atoms with Gasteiger partial charge in [-0.05, 0) is 37.1 Å². The summed E-state index contributed by atoms with van der Waals surface area (Å²) in [5, 5.41) is 3.39. The molecule has 110 valence electrons. The summed E-state index contributed by atoms with van der Waals surface area (Å²) in [6, 6.07) is 7.63. The number of pyridine rings is 1. The molecule has 1 unspecified atom stereocenters. The number of hydrogen-bond donors (Lipinski definition) is 2. The lowest BCUT2D eigenvalue weighted by Crippen LogP contribution is -2.23. The van der Waals surface area contributed by atoms with Gasteiger partial charge in [-0.1, -0.05) is 6.07 Å². The van der Waals surface area contributed by atoms with Crippen LogP contribution in [0.25, 0.3) is 0 Å². The molecule has 1 aliphatic rings. The van der Waals surface area contributed by atoms with Crippen LogP contribution in [0, 0.1) is 5.92 Å². The molecule has 0 aromatic carbocycles. The van der Waals surface area contributed by atoms with Crippen molar-refractivity contribution in [2.45, 2.75) is 13.0 Å². The third kappa shape index (κ3) is 3.88. The van der Waals surface area contributed by atoms with Gasteiger partial charge in [-0.3, -0.25) is 4.90 Å². The van der Waals surface area contributed by atoms with Crippen molar-refractivity contribution >= 4 is 11.6 Å². The van der Waals surface area contributed by atoms with Gasteiger partial charge in [-0.2, -0.15) is 0 Å². The van der Waals surface area contributed by atoms with E-state index in [1.807, 2.05) is 18.2 Å². The summed E-state index contributed by atoms with van der Waals surface area (Å²) in [6.45, 7) is 3.85. The second kappa shape index (κ2) is 6.49. The fourth-order valence-corrected chi connectivity index (χ4v) is 2.63. The summed E-state index contributed by atoms with van der Waals surface area (Å²) in [6.07, 6.45) is 4.70. The lowest BCUT2D eigenvalue weighted by Gasteiger charge is -2.15. The Morgan fingerprint density at radius 3 is 3.00 bits per heavy atom. The van der Waals surface area contributed by atoms with E-state index >= 15 is 0 Å². The van der Waals surface area contributed by atoms with Gasteiger partial charge < -0.3 is 11.1 Å². The Balaban J connectivity index is 1.47. The molecule has 0 spiro atoms. The highest BCUT2D eigenvalue weighted by atomic mass is 15.2.